The van der Waals surface area contributed by atoms with E-state index in [4.69, 9.17) is 4.74 Å². The molecule has 2 heteroatoms. The molecule has 1 atom stereocenters. The minimum Gasteiger partial charge on any atom is -0.497 e. The highest BCUT2D eigenvalue weighted by atomic mass is 16.5. The number of hydrogen-bond donors (Lipinski definition) is 1. The molecule has 0 saturated heterocycles. The normalized spacial score (nSPS) is 12.2. The van der Waals surface area contributed by atoms with E-state index in [1.165, 1.54) is 22.3 Å². The van der Waals surface area contributed by atoms with Crippen LogP contribution >= 0.6 is 0 Å². The summed E-state index contributed by atoms with van der Waals surface area (Å²) in [6.07, 6.45) is 0.991. The van der Waals surface area contributed by atoms with Gasteiger partial charge in [0, 0.05) is 6.04 Å². The lowest BCUT2D eigenvalue weighted by Gasteiger charge is -2.20. The van der Waals surface area contributed by atoms with Crippen molar-refractivity contribution in [2.24, 2.45) is 0 Å². The largest absolute Gasteiger partial charge is 0.497 e. The van der Waals surface area contributed by atoms with Crippen LogP contribution in [0.1, 0.15) is 28.3 Å². The predicted molar refractivity (Wildman–Crippen MR) is 84.4 cm³/mol. The average Bonchev–Trinajstić information content (AvgIpc) is 2.45. The van der Waals surface area contributed by atoms with E-state index in [2.05, 4.69) is 55.6 Å². The van der Waals surface area contributed by atoms with Gasteiger partial charge in [0.1, 0.15) is 5.75 Å². The number of rotatable bonds is 5. The fourth-order valence-corrected chi connectivity index (χ4v) is 2.61. The van der Waals surface area contributed by atoms with Crippen molar-refractivity contribution in [3.8, 4) is 5.75 Å². The monoisotopic (exact) mass is 269 g/mol. The Balaban J connectivity index is 2.24. The molecule has 0 bridgehead atoms. The highest BCUT2D eigenvalue weighted by Crippen LogP contribution is 2.25. The van der Waals surface area contributed by atoms with Gasteiger partial charge in [0.25, 0.3) is 0 Å². The molecule has 0 heterocycles. The fourth-order valence-electron chi connectivity index (χ4n) is 2.61. The second-order valence-electron chi connectivity index (χ2n) is 5.26. The van der Waals surface area contributed by atoms with Crippen LogP contribution in [0.15, 0.2) is 42.5 Å². The summed E-state index contributed by atoms with van der Waals surface area (Å²) in [5, 5.41) is 3.42. The maximum atomic E-state index is 5.28. The summed E-state index contributed by atoms with van der Waals surface area (Å²) in [4.78, 5) is 0. The van der Waals surface area contributed by atoms with Crippen LogP contribution in [0, 0.1) is 13.8 Å². The van der Waals surface area contributed by atoms with Crippen LogP contribution in [0.25, 0.3) is 0 Å². The van der Waals surface area contributed by atoms with Gasteiger partial charge in [-0.1, -0.05) is 35.9 Å². The van der Waals surface area contributed by atoms with Crippen molar-refractivity contribution in [1.82, 2.24) is 5.32 Å². The van der Waals surface area contributed by atoms with Gasteiger partial charge in [0.2, 0.25) is 0 Å². The van der Waals surface area contributed by atoms with Crippen molar-refractivity contribution < 1.29 is 4.74 Å². The maximum absolute atomic E-state index is 5.28. The highest BCUT2D eigenvalue weighted by molar-refractivity contribution is 5.37. The van der Waals surface area contributed by atoms with E-state index >= 15 is 0 Å². The lowest BCUT2D eigenvalue weighted by atomic mass is 9.95. The molecular weight excluding hydrogens is 246 g/mol. The van der Waals surface area contributed by atoms with E-state index < -0.39 is 0 Å². The topological polar surface area (TPSA) is 21.3 Å². The van der Waals surface area contributed by atoms with Gasteiger partial charge in [-0.2, -0.15) is 0 Å². The standard InChI is InChI=1S/C18H23NO/c1-13-6-5-7-15(10-13)12-18(19-3)17-9-8-16(20-4)11-14(17)2/h5-11,18-19H,12H2,1-4H3. The molecular formula is C18H23NO. The predicted octanol–water partition coefficient (Wildman–Crippen LogP) is 3.82. The molecule has 2 rings (SSSR count). The second-order valence-corrected chi connectivity index (χ2v) is 5.26. The van der Waals surface area contributed by atoms with Gasteiger partial charge in [-0.25, -0.2) is 0 Å². The molecule has 0 radical (unpaired) electrons. The molecule has 2 aromatic carbocycles. The zero-order chi connectivity index (χ0) is 14.5. The number of likely N-dealkylation sites (N-methyl/N-ethyl adjacent to an activating group) is 1. The van der Waals surface area contributed by atoms with E-state index in [0.29, 0.717) is 6.04 Å². The zero-order valence-corrected chi connectivity index (χ0v) is 12.7. The number of ether oxygens (including phenoxy) is 1. The van der Waals surface area contributed by atoms with E-state index in [1.54, 1.807) is 7.11 Å². The van der Waals surface area contributed by atoms with Crippen LogP contribution in [0.2, 0.25) is 0 Å². The third-order valence-corrected chi connectivity index (χ3v) is 3.72. The number of hydrogen-bond acceptors (Lipinski definition) is 2. The lowest BCUT2D eigenvalue weighted by Crippen LogP contribution is -2.19. The molecule has 0 spiro atoms. The molecule has 106 valence electrons. The fraction of sp³-hybridized carbons (Fsp3) is 0.333. The van der Waals surface area contributed by atoms with Crippen LogP contribution in [0.3, 0.4) is 0 Å². The molecule has 0 fully saturated rings. The summed E-state index contributed by atoms with van der Waals surface area (Å²) >= 11 is 0. The Morgan fingerprint density at radius 2 is 1.90 bits per heavy atom. The summed E-state index contributed by atoms with van der Waals surface area (Å²) in [6, 6.07) is 15.3. The SMILES string of the molecule is CNC(Cc1cccc(C)c1)c1ccc(OC)cc1C. The van der Waals surface area contributed by atoms with E-state index in [1.807, 2.05) is 13.1 Å². The quantitative estimate of drug-likeness (QED) is 0.891. The zero-order valence-electron chi connectivity index (χ0n) is 12.7. The number of benzene rings is 2. The molecule has 1 unspecified atom stereocenters. The van der Waals surface area contributed by atoms with Crippen molar-refractivity contribution in [3.63, 3.8) is 0 Å². The first-order valence-corrected chi connectivity index (χ1v) is 7.01. The van der Waals surface area contributed by atoms with Crippen LogP contribution in [-0.2, 0) is 6.42 Å². The van der Waals surface area contributed by atoms with Crippen molar-refractivity contribution in [2.45, 2.75) is 26.3 Å². The molecule has 0 aliphatic rings. The number of nitrogens with one attached hydrogen (secondary N) is 1. The Hall–Kier alpha value is -1.80. The van der Waals surface area contributed by atoms with Gasteiger partial charge in [-0.3, -0.25) is 0 Å². The second kappa shape index (κ2) is 6.58. The average molecular weight is 269 g/mol. The van der Waals surface area contributed by atoms with Gasteiger partial charge in [-0.15, -0.1) is 0 Å². The van der Waals surface area contributed by atoms with Crippen molar-refractivity contribution >= 4 is 0 Å². The number of methoxy groups -OCH3 is 1. The smallest absolute Gasteiger partial charge is 0.119 e. The number of aryl methyl sites for hydroxylation is 2. The summed E-state index contributed by atoms with van der Waals surface area (Å²) in [5.74, 6) is 0.914. The molecule has 20 heavy (non-hydrogen) atoms. The van der Waals surface area contributed by atoms with E-state index in [0.717, 1.165) is 12.2 Å². The third kappa shape index (κ3) is 3.40. The summed E-state index contributed by atoms with van der Waals surface area (Å²) < 4.78 is 5.28. The minimum absolute atomic E-state index is 0.322. The summed E-state index contributed by atoms with van der Waals surface area (Å²) in [7, 11) is 3.72. The van der Waals surface area contributed by atoms with Crippen LogP contribution in [-0.4, -0.2) is 14.2 Å². The molecule has 0 aliphatic carbocycles. The lowest BCUT2D eigenvalue weighted by molar-refractivity contribution is 0.414. The van der Waals surface area contributed by atoms with Crippen molar-refractivity contribution in [3.05, 3.63) is 64.7 Å². The van der Waals surface area contributed by atoms with Crippen LogP contribution < -0.4 is 10.1 Å². The molecule has 2 nitrogen and oxygen atoms in total. The first kappa shape index (κ1) is 14.6. The molecule has 1 N–H and O–H groups in total. The van der Waals surface area contributed by atoms with Crippen LogP contribution in [0.4, 0.5) is 0 Å². The summed E-state index contributed by atoms with van der Waals surface area (Å²) in [5.41, 5.74) is 5.26. The van der Waals surface area contributed by atoms with Gasteiger partial charge in [-0.05, 0) is 56.1 Å². The third-order valence-electron chi connectivity index (χ3n) is 3.72. The molecule has 0 saturated carbocycles. The highest BCUT2D eigenvalue weighted by Gasteiger charge is 2.13. The van der Waals surface area contributed by atoms with E-state index in [9.17, 15) is 0 Å². The van der Waals surface area contributed by atoms with Gasteiger partial charge < -0.3 is 10.1 Å². The van der Waals surface area contributed by atoms with Gasteiger partial charge >= 0.3 is 0 Å². The first-order chi connectivity index (χ1) is 9.63. The summed E-state index contributed by atoms with van der Waals surface area (Å²) in [6.45, 7) is 4.27. The van der Waals surface area contributed by atoms with E-state index in [-0.39, 0.29) is 0 Å². The van der Waals surface area contributed by atoms with Crippen molar-refractivity contribution in [2.75, 3.05) is 14.2 Å². The maximum Gasteiger partial charge on any atom is 0.119 e. The van der Waals surface area contributed by atoms with Crippen LogP contribution in [0.5, 0.6) is 5.75 Å². The minimum atomic E-state index is 0.322. The first-order valence-electron chi connectivity index (χ1n) is 7.01. The Kier molecular flexibility index (Phi) is 4.80. The molecule has 2 aromatic rings. The Morgan fingerprint density at radius 1 is 1.10 bits per heavy atom. The van der Waals surface area contributed by atoms with Gasteiger partial charge in [0.15, 0.2) is 0 Å². The Bertz CT molecular complexity index is 577. The van der Waals surface area contributed by atoms with Gasteiger partial charge in [0.05, 0.1) is 7.11 Å². The Labute approximate surface area is 121 Å². The Morgan fingerprint density at radius 3 is 2.50 bits per heavy atom. The molecule has 0 aromatic heterocycles. The molecule has 0 amide bonds. The van der Waals surface area contributed by atoms with Crippen molar-refractivity contribution in [1.29, 1.82) is 0 Å². The molecule has 0 aliphatic heterocycles.